The molecule has 0 fully saturated rings. The van der Waals surface area contributed by atoms with Crippen LogP contribution in [0.25, 0.3) is 0 Å². The highest BCUT2D eigenvalue weighted by atomic mass is 19.4. The highest BCUT2D eigenvalue weighted by Gasteiger charge is 2.42. The first-order chi connectivity index (χ1) is 19.3. The van der Waals surface area contributed by atoms with Gasteiger partial charge in [-0.2, -0.15) is 31.1 Å². The second-order valence-electron chi connectivity index (χ2n) is 9.53. The Labute approximate surface area is 231 Å². The minimum Gasteiger partial charge on any atom is -0.452 e. The van der Waals surface area contributed by atoms with E-state index in [4.69, 9.17) is 10.5 Å². The summed E-state index contributed by atoms with van der Waals surface area (Å²) in [4.78, 5) is 21.5. The van der Waals surface area contributed by atoms with Gasteiger partial charge in [0.05, 0.1) is 42.2 Å². The number of nitrogens with zero attached hydrogens (tertiary/aromatic N) is 7. The zero-order valence-corrected chi connectivity index (χ0v) is 22.4. The maximum Gasteiger partial charge on any atom is 0.416 e. The quantitative estimate of drug-likeness (QED) is 0.390. The van der Waals surface area contributed by atoms with Gasteiger partial charge in [-0.15, -0.1) is 5.10 Å². The van der Waals surface area contributed by atoms with Crippen LogP contribution in [0, 0.1) is 6.92 Å². The van der Waals surface area contributed by atoms with E-state index in [-0.39, 0.29) is 37.1 Å². The lowest BCUT2D eigenvalue weighted by Crippen LogP contribution is -2.48. The SMILES string of the molecule is CC[C@@H]1C[C@H](N(Cc2cc(C(F)(F)F)cc(C(F)(F)F)c2)c2nnn(CCN)n2)c2nc(C)ccc2N1C(=O)OC. The number of hydrogen-bond acceptors (Lipinski definition) is 8. The van der Waals surface area contributed by atoms with Crippen molar-refractivity contribution in [1.82, 2.24) is 25.2 Å². The number of aromatic nitrogens is 5. The van der Waals surface area contributed by atoms with Crippen LogP contribution in [-0.2, 0) is 30.2 Å². The van der Waals surface area contributed by atoms with Crippen molar-refractivity contribution in [3.8, 4) is 0 Å². The third kappa shape index (κ3) is 6.36. The Morgan fingerprint density at radius 1 is 1.12 bits per heavy atom. The van der Waals surface area contributed by atoms with E-state index in [0.29, 0.717) is 35.6 Å². The summed E-state index contributed by atoms with van der Waals surface area (Å²) in [7, 11) is 1.24. The fraction of sp³-hybridized carbons (Fsp3) is 0.480. The molecular weight excluding hydrogens is 558 g/mol. The number of ether oxygens (including phenoxy) is 1. The average molecular weight is 587 g/mol. The highest BCUT2D eigenvalue weighted by molar-refractivity contribution is 5.90. The molecule has 2 aromatic heterocycles. The van der Waals surface area contributed by atoms with Crippen molar-refractivity contribution < 1.29 is 35.9 Å². The monoisotopic (exact) mass is 586 g/mol. The van der Waals surface area contributed by atoms with Crippen LogP contribution in [0.1, 0.15) is 53.9 Å². The number of pyridine rings is 1. The molecule has 0 aliphatic carbocycles. The maximum atomic E-state index is 13.6. The number of amides is 1. The molecule has 10 nitrogen and oxygen atoms in total. The van der Waals surface area contributed by atoms with E-state index in [1.54, 1.807) is 19.1 Å². The summed E-state index contributed by atoms with van der Waals surface area (Å²) in [6.07, 6.45) is -10.0. The summed E-state index contributed by atoms with van der Waals surface area (Å²) in [5.74, 6) is -0.0509. The van der Waals surface area contributed by atoms with Crippen LogP contribution >= 0.6 is 0 Å². The smallest absolute Gasteiger partial charge is 0.416 e. The molecule has 0 saturated heterocycles. The van der Waals surface area contributed by atoms with Crippen molar-refractivity contribution in [1.29, 1.82) is 0 Å². The number of alkyl halides is 6. The molecule has 0 bridgehead atoms. The van der Waals surface area contributed by atoms with Gasteiger partial charge in [-0.05, 0) is 60.9 Å². The van der Waals surface area contributed by atoms with Crippen molar-refractivity contribution in [2.75, 3.05) is 23.5 Å². The number of aryl methyl sites for hydroxylation is 1. The standard InChI is InChI=1S/C25H28F6N8O2/c1-4-18-12-20(21-19(6-5-14(2)33-21)39(18)23(40)41-3)37(22-34-36-38(35-22)8-7-32)13-15-9-16(24(26,27)28)11-17(10-15)25(29,30)31/h5-6,9-11,18,20H,4,7-8,12-13,32H2,1-3H3/t18-,20+/m1/s1. The lowest BCUT2D eigenvalue weighted by atomic mass is 9.91. The van der Waals surface area contributed by atoms with Crippen molar-refractivity contribution >= 4 is 17.7 Å². The van der Waals surface area contributed by atoms with Crippen LogP contribution in [0.5, 0.6) is 0 Å². The van der Waals surface area contributed by atoms with Crippen molar-refractivity contribution in [2.45, 2.75) is 64.2 Å². The normalized spacial score (nSPS) is 17.4. The maximum absolute atomic E-state index is 13.6. The highest BCUT2D eigenvalue weighted by Crippen LogP contribution is 2.43. The number of hydrogen-bond donors (Lipinski definition) is 1. The summed E-state index contributed by atoms with van der Waals surface area (Å²) in [6, 6.07) is 3.56. The molecule has 2 N–H and O–H groups in total. The lowest BCUT2D eigenvalue weighted by Gasteiger charge is -2.42. The zero-order chi connectivity index (χ0) is 30.1. The predicted octanol–water partition coefficient (Wildman–Crippen LogP) is 4.88. The first-order valence-corrected chi connectivity index (χ1v) is 12.6. The van der Waals surface area contributed by atoms with E-state index in [2.05, 4.69) is 20.4 Å². The van der Waals surface area contributed by atoms with Crippen LogP contribution in [0.2, 0.25) is 0 Å². The Morgan fingerprint density at radius 2 is 1.78 bits per heavy atom. The number of benzene rings is 1. The van der Waals surface area contributed by atoms with Gasteiger partial charge in [0.2, 0.25) is 0 Å². The molecule has 0 saturated carbocycles. The number of methoxy groups -OCH3 is 1. The summed E-state index contributed by atoms with van der Waals surface area (Å²) in [5.41, 5.74) is 3.75. The average Bonchev–Trinajstić information content (AvgIpc) is 3.38. The van der Waals surface area contributed by atoms with E-state index in [0.717, 1.165) is 0 Å². The Morgan fingerprint density at radius 3 is 2.34 bits per heavy atom. The third-order valence-corrected chi connectivity index (χ3v) is 6.72. The Hall–Kier alpha value is -3.95. The van der Waals surface area contributed by atoms with Gasteiger partial charge in [-0.3, -0.25) is 9.88 Å². The molecule has 1 amide bonds. The molecule has 222 valence electrons. The second kappa shape index (κ2) is 11.5. The minimum absolute atomic E-state index is 0.0509. The van der Waals surface area contributed by atoms with Crippen LogP contribution in [0.4, 0.5) is 42.8 Å². The van der Waals surface area contributed by atoms with Crippen LogP contribution in [0.15, 0.2) is 30.3 Å². The van der Waals surface area contributed by atoms with Crippen molar-refractivity contribution in [2.24, 2.45) is 5.73 Å². The molecule has 4 rings (SSSR count). The topological polar surface area (TPSA) is 115 Å². The van der Waals surface area contributed by atoms with Crippen LogP contribution in [-0.4, -0.2) is 51.0 Å². The molecular formula is C25H28F6N8O2. The third-order valence-electron chi connectivity index (χ3n) is 6.72. The minimum atomic E-state index is -5.02. The van der Waals surface area contributed by atoms with Gasteiger partial charge in [0, 0.05) is 24.8 Å². The Kier molecular flexibility index (Phi) is 8.42. The van der Waals surface area contributed by atoms with Gasteiger partial charge >= 0.3 is 18.4 Å². The Balaban J connectivity index is 1.90. The molecule has 1 aliphatic heterocycles. The number of nitrogens with two attached hydrogens (primary N) is 1. The van der Waals surface area contributed by atoms with E-state index in [1.807, 2.05) is 6.92 Å². The first-order valence-electron chi connectivity index (χ1n) is 12.6. The number of tetrazole rings is 1. The number of carbonyl (C=O) groups excluding carboxylic acids is 1. The van der Waals surface area contributed by atoms with Gasteiger partial charge in [0.15, 0.2) is 0 Å². The van der Waals surface area contributed by atoms with Gasteiger partial charge < -0.3 is 15.4 Å². The summed E-state index contributed by atoms with van der Waals surface area (Å²) in [6.45, 7) is 3.45. The molecule has 1 aliphatic rings. The molecule has 0 unspecified atom stereocenters. The summed E-state index contributed by atoms with van der Waals surface area (Å²) >= 11 is 0. The van der Waals surface area contributed by atoms with E-state index in [1.165, 1.54) is 21.7 Å². The van der Waals surface area contributed by atoms with Crippen molar-refractivity contribution in [3.63, 3.8) is 0 Å². The molecule has 3 heterocycles. The largest absolute Gasteiger partial charge is 0.452 e. The number of carbonyl (C=O) groups is 1. The lowest BCUT2D eigenvalue weighted by molar-refractivity contribution is -0.143. The number of rotatable bonds is 7. The fourth-order valence-electron chi connectivity index (χ4n) is 4.85. The number of anilines is 2. The molecule has 0 radical (unpaired) electrons. The molecule has 2 atom stereocenters. The molecule has 16 heteroatoms. The van der Waals surface area contributed by atoms with Crippen molar-refractivity contribution in [3.05, 3.63) is 58.4 Å². The first kappa shape index (κ1) is 30.0. The molecule has 1 aromatic carbocycles. The van der Waals surface area contributed by atoms with Gasteiger partial charge in [-0.1, -0.05) is 12.0 Å². The second-order valence-corrected chi connectivity index (χ2v) is 9.53. The van der Waals surface area contributed by atoms with Crippen LogP contribution in [0.3, 0.4) is 0 Å². The molecule has 0 spiro atoms. The zero-order valence-electron chi connectivity index (χ0n) is 22.4. The number of halogens is 6. The van der Waals surface area contributed by atoms with Crippen LogP contribution < -0.4 is 15.5 Å². The predicted molar refractivity (Wildman–Crippen MR) is 135 cm³/mol. The summed E-state index contributed by atoms with van der Waals surface area (Å²) in [5, 5.41) is 12.3. The van der Waals surface area contributed by atoms with Gasteiger partial charge in [0.25, 0.3) is 5.95 Å². The molecule has 3 aromatic rings. The number of fused-ring (bicyclic) bond motifs is 1. The summed E-state index contributed by atoms with van der Waals surface area (Å²) < 4.78 is 86.8. The fourth-order valence-corrected chi connectivity index (χ4v) is 4.85. The van der Waals surface area contributed by atoms with Gasteiger partial charge in [0.1, 0.15) is 0 Å². The van der Waals surface area contributed by atoms with E-state index in [9.17, 15) is 31.1 Å². The van der Waals surface area contributed by atoms with E-state index < -0.39 is 48.2 Å². The van der Waals surface area contributed by atoms with E-state index >= 15 is 0 Å². The molecule has 41 heavy (non-hydrogen) atoms. The van der Waals surface area contributed by atoms with Gasteiger partial charge in [-0.25, -0.2) is 4.79 Å². The Bertz CT molecular complexity index is 1360.